The Morgan fingerprint density at radius 1 is 1.46 bits per heavy atom. The van der Waals surface area contributed by atoms with Crippen LogP contribution in [0.15, 0.2) is 0 Å². The van der Waals surface area contributed by atoms with E-state index in [1.165, 1.54) is 12.8 Å². The molecule has 2 rings (SSSR count). The fourth-order valence-corrected chi connectivity index (χ4v) is 1.92. The minimum absolute atomic E-state index is 0.167. The fraction of sp³-hybridized carbons (Fsp3) is 0.900. The van der Waals surface area contributed by atoms with Crippen LogP contribution in [0.1, 0.15) is 26.2 Å². The van der Waals surface area contributed by atoms with Crippen molar-refractivity contribution in [3.05, 3.63) is 0 Å². The molecular formula is C10H18N2O. The zero-order chi connectivity index (χ0) is 9.26. The third-order valence-electron chi connectivity index (χ3n) is 2.90. The zero-order valence-electron chi connectivity index (χ0n) is 8.25. The molecule has 1 aliphatic carbocycles. The lowest BCUT2D eigenvalue weighted by Gasteiger charge is -2.28. The molecule has 1 atom stereocenters. The van der Waals surface area contributed by atoms with Crippen LogP contribution in [0, 0.1) is 5.92 Å². The van der Waals surface area contributed by atoms with Gasteiger partial charge >= 0.3 is 0 Å². The second kappa shape index (κ2) is 3.66. The maximum Gasteiger partial charge on any atom is 0.226 e. The highest BCUT2D eigenvalue weighted by Crippen LogP contribution is 2.28. The molecule has 0 aromatic carbocycles. The van der Waals surface area contributed by atoms with E-state index in [-0.39, 0.29) is 5.92 Å². The second-order valence-corrected chi connectivity index (χ2v) is 4.22. The Balaban J connectivity index is 1.99. The van der Waals surface area contributed by atoms with Crippen molar-refractivity contribution in [1.29, 1.82) is 0 Å². The van der Waals surface area contributed by atoms with Gasteiger partial charge in [0.25, 0.3) is 0 Å². The summed E-state index contributed by atoms with van der Waals surface area (Å²) in [4.78, 5) is 14.0. The monoisotopic (exact) mass is 182 g/mol. The van der Waals surface area contributed by atoms with Crippen LogP contribution in [0.25, 0.3) is 0 Å². The van der Waals surface area contributed by atoms with Crippen LogP contribution in [0.5, 0.6) is 0 Å². The van der Waals surface area contributed by atoms with Crippen LogP contribution in [-0.2, 0) is 4.79 Å². The highest BCUT2D eigenvalue weighted by Gasteiger charge is 2.34. The first-order valence-corrected chi connectivity index (χ1v) is 5.30. The lowest BCUT2D eigenvalue weighted by atomic mass is 10.1. The lowest BCUT2D eigenvalue weighted by molar-refractivity contribution is -0.136. The molecule has 0 radical (unpaired) electrons. The molecule has 74 valence electrons. The van der Waals surface area contributed by atoms with E-state index in [0.717, 1.165) is 26.1 Å². The largest absolute Gasteiger partial charge is 0.339 e. The Kier molecular flexibility index (Phi) is 2.54. The standard InChI is InChI=1S/C10H18N2O/c1-8-7-11-5-2-6-12(10(8)13)9-3-4-9/h8-9,11H,2-7H2,1H3. The first-order valence-electron chi connectivity index (χ1n) is 5.30. The number of carbonyl (C=O) groups is 1. The van der Waals surface area contributed by atoms with E-state index in [4.69, 9.17) is 0 Å². The summed E-state index contributed by atoms with van der Waals surface area (Å²) in [6, 6.07) is 0.591. The summed E-state index contributed by atoms with van der Waals surface area (Å²) in [6.45, 7) is 4.89. The van der Waals surface area contributed by atoms with Crippen molar-refractivity contribution in [3.8, 4) is 0 Å². The first-order chi connectivity index (χ1) is 6.29. The summed E-state index contributed by atoms with van der Waals surface area (Å²) < 4.78 is 0. The number of nitrogens with zero attached hydrogens (tertiary/aromatic N) is 1. The summed E-state index contributed by atoms with van der Waals surface area (Å²) in [5.74, 6) is 0.524. The van der Waals surface area contributed by atoms with E-state index in [1.807, 2.05) is 6.92 Å². The van der Waals surface area contributed by atoms with Gasteiger partial charge in [0.2, 0.25) is 5.91 Å². The van der Waals surface area contributed by atoms with Gasteiger partial charge in [0.15, 0.2) is 0 Å². The molecule has 1 heterocycles. The molecule has 1 saturated heterocycles. The Morgan fingerprint density at radius 3 is 2.92 bits per heavy atom. The molecule has 0 aromatic rings. The van der Waals surface area contributed by atoms with Gasteiger partial charge in [-0.05, 0) is 25.8 Å². The molecular weight excluding hydrogens is 164 g/mol. The third kappa shape index (κ3) is 2.02. The zero-order valence-corrected chi connectivity index (χ0v) is 8.25. The fourth-order valence-electron chi connectivity index (χ4n) is 1.92. The van der Waals surface area contributed by atoms with Gasteiger partial charge in [0, 0.05) is 25.0 Å². The van der Waals surface area contributed by atoms with Crippen LogP contribution in [-0.4, -0.2) is 36.5 Å². The van der Waals surface area contributed by atoms with Gasteiger partial charge in [0.1, 0.15) is 0 Å². The van der Waals surface area contributed by atoms with Gasteiger partial charge in [0.05, 0.1) is 0 Å². The van der Waals surface area contributed by atoms with Gasteiger partial charge < -0.3 is 10.2 Å². The molecule has 1 saturated carbocycles. The maximum atomic E-state index is 11.9. The summed E-state index contributed by atoms with van der Waals surface area (Å²) >= 11 is 0. The van der Waals surface area contributed by atoms with E-state index in [9.17, 15) is 4.79 Å². The molecule has 1 aliphatic heterocycles. The number of hydrogen-bond acceptors (Lipinski definition) is 2. The van der Waals surface area contributed by atoms with Crippen molar-refractivity contribution in [3.63, 3.8) is 0 Å². The third-order valence-corrected chi connectivity index (χ3v) is 2.90. The molecule has 2 fully saturated rings. The van der Waals surface area contributed by atoms with Gasteiger partial charge in [-0.15, -0.1) is 0 Å². The second-order valence-electron chi connectivity index (χ2n) is 4.22. The van der Waals surface area contributed by atoms with Crippen molar-refractivity contribution >= 4 is 5.91 Å². The number of rotatable bonds is 1. The average molecular weight is 182 g/mol. The highest BCUT2D eigenvalue weighted by atomic mass is 16.2. The van der Waals surface area contributed by atoms with Crippen LogP contribution in [0.3, 0.4) is 0 Å². The van der Waals surface area contributed by atoms with Gasteiger partial charge in [-0.2, -0.15) is 0 Å². The van der Waals surface area contributed by atoms with Crippen LogP contribution in [0.2, 0.25) is 0 Å². The van der Waals surface area contributed by atoms with Crippen LogP contribution < -0.4 is 5.32 Å². The van der Waals surface area contributed by atoms with Gasteiger partial charge in [-0.3, -0.25) is 4.79 Å². The van der Waals surface area contributed by atoms with Crippen LogP contribution in [0.4, 0.5) is 0 Å². The predicted octanol–water partition coefficient (Wildman–Crippen LogP) is 0.607. The quantitative estimate of drug-likeness (QED) is 0.644. The summed E-state index contributed by atoms with van der Waals surface area (Å²) in [5.41, 5.74) is 0. The molecule has 1 unspecified atom stereocenters. The Bertz CT molecular complexity index is 201. The minimum atomic E-state index is 0.167. The van der Waals surface area contributed by atoms with E-state index in [1.54, 1.807) is 0 Å². The SMILES string of the molecule is CC1CNCCCN(C2CC2)C1=O. The van der Waals surface area contributed by atoms with E-state index >= 15 is 0 Å². The minimum Gasteiger partial charge on any atom is -0.339 e. The topological polar surface area (TPSA) is 32.3 Å². The summed E-state index contributed by atoms with van der Waals surface area (Å²) in [7, 11) is 0. The molecule has 13 heavy (non-hydrogen) atoms. The molecule has 3 heteroatoms. The molecule has 0 bridgehead atoms. The van der Waals surface area contributed by atoms with Gasteiger partial charge in [-0.25, -0.2) is 0 Å². The first kappa shape index (κ1) is 9.00. The van der Waals surface area contributed by atoms with Crippen molar-refractivity contribution in [1.82, 2.24) is 10.2 Å². The molecule has 0 spiro atoms. The highest BCUT2D eigenvalue weighted by molar-refractivity contribution is 5.79. The number of carbonyl (C=O) groups excluding carboxylic acids is 1. The van der Waals surface area contributed by atoms with Crippen LogP contribution >= 0.6 is 0 Å². The number of hydrogen-bond donors (Lipinski definition) is 1. The van der Waals surface area contributed by atoms with Crippen molar-refractivity contribution < 1.29 is 4.79 Å². The molecule has 0 aromatic heterocycles. The summed E-state index contributed by atoms with van der Waals surface area (Å²) in [5, 5.41) is 3.30. The Morgan fingerprint density at radius 2 is 2.23 bits per heavy atom. The molecule has 2 aliphatic rings. The van der Waals surface area contributed by atoms with E-state index in [2.05, 4.69) is 10.2 Å². The number of nitrogens with one attached hydrogen (secondary N) is 1. The summed E-state index contributed by atoms with van der Waals surface area (Å²) in [6.07, 6.45) is 3.56. The Labute approximate surface area is 79.5 Å². The lowest BCUT2D eigenvalue weighted by Crippen LogP contribution is -2.44. The normalized spacial score (nSPS) is 31.3. The van der Waals surface area contributed by atoms with E-state index < -0.39 is 0 Å². The predicted molar refractivity (Wildman–Crippen MR) is 51.4 cm³/mol. The molecule has 1 amide bonds. The average Bonchev–Trinajstić information content (AvgIpc) is 2.90. The van der Waals surface area contributed by atoms with Crippen molar-refractivity contribution in [2.45, 2.75) is 32.2 Å². The number of amides is 1. The van der Waals surface area contributed by atoms with Crippen molar-refractivity contribution in [2.24, 2.45) is 5.92 Å². The maximum absolute atomic E-state index is 11.9. The Hall–Kier alpha value is -0.570. The molecule has 3 nitrogen and oxygen atoms in total. The van der Waals surface area contributed by atoms with E-state index in [0.29, 0.717) is 11.9 Å². The molecule has 1 N–H and O–H groups in total. The van der Waals surface area contributed by atoms with Gasteiger partial charge in [-0.1, -0.05) is 6.92 Å². The smallest absolute Gasteiger partial charge is 0.226 e. The van der Waals surface area contributed by atoms with Crippen molar-refractivity contribution in [2.75, 3.05) is 19.6 Å².